The molecule has 4 N–H and O–H groups in total. The van der Waals surface area contributed by atoms with E-state index in [9.17, 15) is 19.0 Å². The molecule has 3 aromatic rings. The lowest BCUT2D eigenvalue weighted by atomic mass is 10.2. The summed E-state index contributed by atoms with van der Waals surface area (Å²) in [6.07, 6.45) is 0.399. The first-order chi connectivity index (χ1) is 18.7. The van der Waals surface area contributed by atoms with Crippen molar-refractivity contribution in [1.29, 1.82) is 10.5 Å². The maximum absolute atomic E-state index is 12.5. The highest BCUT2D eigenvalue weighted by Gasteiger charge is 2.27. The van der Waals surface area contributed by atoms with Gasteiger partial charge in [0.1, 0.15) is 12.1 Å². The lowest BCUT2D eigenvalue weighted by Crippen LogP contribution is -2.29. The van der Waals surface area contributed by atoms with Crippen LogP contribution < -0.4 is 11.1 Å². The van der Waals surface area contributed by atoms with Gasteiger partial charge in [0.2, 0.25) is 5.95 Å². The number of phosphoric ester groups is 1. The monoisotopic (exact) mass is 559 g/mol. The number of para-hydroxylation sites is 1. The summed E-state index contributed by atoms with van der Waals surface area (Å²) in [5.74, 6) is -1.92. The summed E-state index contributed by atoms with van der Waals surface area (Å²) in [6.45, 7) is 1.00. The van der Waals surface area contributed by atoms with Crippen LogP contribution in [0.25, 0.3) is 21.9 Å². The Morgan fingerprint density at radius 1 is 1.18 bits per heavy atom. The third-order valence-corrected chi connectivity index (χ3v) is 6.26. The fraction of sp³-hybridized carbons (Fsp3) is 0.391. The number of ether oxygens (including phenoxy) is 2. The van der Waals surface area contributed by atoms with Crippen molar-refractivity contribution in [2.45, 2.75) is 32.4 Å². The van der Waals surface area contributed by atoms with Crippen LogP contribution in [0.2, 0.25) is 0 Å². The van der Waals surface area contributed by atoms with Gasteiger partial charge in [-0.3, -0.25) is 9.05 Å². The number of rotatable bonds is 14. The average Bonchev–Trinajstić information content (AvgIpc) is 3.29. The normalized spacial score (nSPS) is 13.2. The molecule has 2 aromatic heterocycles. The topological polar surface area (TPSA) is 225 Å². The van der Waals surface area contributed by atoms with Gasteiger partial charge in [-0.1, -0.05) is 31.5 Å². The minimum Gasteiger partial charge on any atom is -0.451 e. The second kappa shape index (κ2) is 13.5. The van der Waals surface area contributed by atoms with Crippen LogP contribution in [0.3, 0.4) is 0 Å². The Morgan fingerprint density at radius 2 is 1.92 bits per heavy atom. The molecular formula is C23H26N7O8P. The van der Waals surface area contributed by atoms with Crippen molar-refractivity contribution in [3.05, 3.63) is 24.3 Å². The lowest BCUT2D eigenvalue weighted by molar-refractivity contribution is -0.153. The van der Waals surface area contributed by atoms with Crippen LogP contribution in [0.5, 0.6) is 0 Å². The van der Waals surface area contributed by atoms with E-state index in [1.807, 2.05) is 31.2 Å². The number of hydrogen-bond donors (Lipinski definition) is 3. The standard InChI is InChI=1S/C23H26N7O8P/c1-2-3-8-27-23-29-20-21(16-6-4-5-7-17(16)28-22(20)26)30(23)9-10-36-39(33,34)37-14-15(38-19(32)12-25)13-35-18(31)11-24/h4-7,15H,2-3,8-10,13-14H2,1H3,(H2,26,28)(H,27,29)(H,33,34)/t15-/m1/s1. The first-order valence-corrected chi connectivity index (χ1v) is 13.3. The smallest absolute Gasteiger partial charge is 0.451 e. The van der Waals surface area contributed by atoms with E-state index in [0.717, 1.165) is 18.2 Å². The van der Waals surface area contributed by atoms with Gasteiger partial charge in [0.25, 0.3) is 0 Å². The predicted octanol–water partition coefficient (Wildman–Crippen LogP) is 2.01. The quantitative estimate of drug-likeness (QED) is 0.111. The van der Waals surface area contributed by atoms with Gasteiger partial charge >= 0.3 is 19.8 Å². The Balaban J connectivity index is 1.75. The van der Waals surface area contributed by atoms with Crippen LogP contribution in [0, 0.1) is 22.7 Å². The molecule has 0 bridgehead atoms. The van der Waals surface area contributed by atoms with Gasteiger partial charge in [0, 0.05) is 11.9 Å². The van der Waals surface area contributed by atoms with E-state index in [-0.39, 0.29) is 19.0 Å². The minimum absolute atomic E-state index is 0.0684. The van der Waals surface area contributed by atoms with E-state index in [0.29, 0.717) is 29.0 Å². The number of esters is 2. The van der Waals surface area contributed by atoms with Crippen LogP contribution in [0.4, 0.5) is 11.8 Å². The number of fused-ring (bicyclic) bond motifs is 3. The van der Waals surface area contributed by atoms with Crippen LogP contribution in [0.1, 0.15) is 19.8 Å². The fourth-order valence-corrected chi connectivity index (χ4v) is 4.29. The second-order valence-electron chi connectivity index (χ2n) is 8.03. The number of nitrogen functional groups attached to an aromatic ring is 1. The molecule has 1 aromatic carbocycles. The van der Waals surface area contributed by atoms with Crippen molar-refractivity contribution < 1.29 is 37.6 Å². The molecule has 16 heteroatoms. The maximum atomic E-state index is 12.5. The molecule has 39 heavy (non-hydrogen) atoms. The molecule has 0 saturated heterocycles. The summed E-state index contributed by atoms with van der Waals surface area (Å²) in [5.41, 5.74) is 7.94. The van der Waals surface area contributed by atoms with Crippen molar-refractivity contribution in [3.8, 4) is 12.1 Å². The van der Waals surface area contributed by atoms with E-state index in [4.69, 9.17) is 25.3 Å². The molecule has 0 aliphatic rings. The van der Waals surface area contributed by atoms with Crippen LogP contribution in [-0.4, -0.2) is 63.8 Å². The fourth-order valence-electron chi connectivity index (χ4n) is 3.55. The highest BCUT2D eigenvalue weighted by molar-refractivity contribution is 7.47. The molecule has 0 aliphatic heterocycles. The van der Waals surface area contributed by atoms with Crippen LogP contribution in [0.15, 0.2) is 24.3 Å². The van der Waals surface area contributed by atoms with E-state index in [2.05, 4.69) is 24.8 Å². The number of hydrogen-bond acceptors (Lipinski definition) is 13. The predicted molar refractivity (Wildman–Crippen MR) is 137 cm³/mol. The SMILES string of the molecule is CCCCNc1nc2c(N)nc3ccccc3c2n1CCOP(=O)(O)OC[C@@H](COC(=O)C#N)OC(=O)C#N. The second-order valence-corrected chi connectivity index (χ2v) is 9.48. The molecule has 0 spiro atoms. The van der Waals surface area contributed by atoms with Crippen molar-refractivity contribution >= 4 is 53.5 Å². The van der Waals surface area contributed by atoms with Crippen molar-refractivity contribution in [3.63, 3.8) is 0 Å². The third kappa shape index (κ3) is 7.86. The Labute approximate surface area is 222 Å². The van der Waals surface area contributed by atoms with E-state index >= 15 is 0 Å². The molecule has 0 amide bonds. The van der Waals surface area contributed by atoms with Gasteiger partial charge < -0.3 is 30.0 Å². The Kier molecular flexibility index (Phi) is 10.1. The molecular weight excluding hydrogens is 533 g/mol. The zero-order valence-corrected chi connectivity index (χ0v) is 21.8. The maximum Gasteiger partial charge on any atom is 0.472 e. The number of nitrogens with two attached hydrogens (primary N) is 1. The van der Waals surface area contributed by atoms with E-state index in [1.54, 1.807) is 4.57 Å². The highest BCUT2D eigenvalue weighted by Crippen LogP contribution is 2.43. The van der Waals surface area contributed by atoms with Crippen molar-refractivity contribution in [2.24, 2.45) is 0 Å². The summed E-state index contributed by atoms with van der Waals surface area (Å²) in [5, 5.41) is 21.1. The number of imidazole rings is 1. The number of unbranched alkanes of at least 4 members (excludes halogenated alkanes) is 1. The van der Waals surface area contributed by atoms with Crippen LogP contribution >= 0.6 is 7.82 Å². The molecule has 2 atom stereocenters. The zero-order chi connectivity index (χ0) is 28.4. The first kappa shape index (κ1) is 29.3. The van der Waals surface area contributed by atoms with Gasteiger partial charge in [-0.05, 0) is 12.5 Å². The summed E-state index contributed by atoms with van der Waals surface area (Å²) in [6, 6.07) is 9.71. The molecule has 0 saturated carbocycles. The Bertz CT molecular complexity index is 1480. The van der Waals surface area contributed by atoms with Gasteiger partial charge in [0.15, 0.2) is 24.1 Å². The third-order valence-electron chi connectivity index (χ3n) is 5.27. The summed E-state index contributed by atoms with van der Waals surface area (Å²) < 4.78 is 33.4. The number of benzene rings is 1. The molecule has 0 fully saturated rings. The van der Waals surface area contributed by atoms with Gasteiger partial charge in [-0.2, -0.15) is 10.5 Å². The van der Waals surface area contributed by atoms with Crippen molar-refractivity contribution in [2.75, 3.05) is 37.4 Å². The Morgan fingerprint density at radius 3 is 2.64 bits per heavy atom. The highest BCUT2D eigenvalue weighted by atomic mass is 31.2. The molecule has 3 rings (SSSR count). The number of nitriles is 2. The molecule has 2 heterocycles. The number of nitrogens with zero attached hydrogens (tertiary/aromatic N) is 5. The molecule has 1 unspecified atom stereocenters. The van der Waals surface area contributed by atoms with Gasteiger partial charge in [0.05, 0.1) is 30.8 Å². The summed E-state index contributed by atoms with van der Waals surface area (Å²) >= 11 is 0. The molecule has 15 nitrogen and oxygen atoms in total. The minimum atomic E-state index is -4.70. The number of anilines is 2. The first-order valence-electron chi connectivity index (χ1n) is 11.8. The number of nitrogens with one attached hydrogen (secondary N) is 1. The molecule has 206 valence electrons. The zero-order valence-electron chi connectivity index (χ0n) is 20.9. The molecule has 0 radical (unpaired) electrons. The van der Waals surface area contributed by atoms with Gasteiger partial charge in [-0.15, -0.1) is 0 Å². The lowest BCUT2D eigenvalue weighted by Gasteiger charge is -2.18. The number of aromatic nitrogens is 3. The Hall–Kier alpha value is -4.27. The van der Waals surface area contributed by atoms with Crippen LogP contribution in [-0.2, 0) is 39.2 Å². The van der Waals surface area contributed by atoms with Gasteiger partial charge in [-0.25, -0.2) is 24.1 Å². The largest absolute Gasteiger partial charge is 0.472 e. The summed E-state index contributed by atoms with van der Waals surface area (Å²) in [7, 11) is -4.70. The number of phosphoric acid groups is 1. The number of pyridine rings is 1. The van der Waals surface area contributed by atoms with E-state index < -0.39 is 39.1 Å². The number of carbonyl (C=O) groups excluding carboxylic acids is 2. The molecule has 0 aliphatic carbocycles. The number of carbonyl (C=O) groups is 2. The van der Waals surface area contributed by atoms with E-state index in [1.165, 1.54) is 12.1 Å². The average molecular weight is 559 g/mol. The summed E-state index contributed by atoms with van der Waals surface area (Å²) in [4.78, 5) is 41.5. The van der Waals surface area contributed by atoms with Crippen molar-refractivity contribution in [1.82, 2.24) is 14.5 Å².